The summed E-state index contributed by atoms with van der Waals surface area (Å²) in [5.74, 6) is 0. The van der Waals surface area contributed by atoms with E-state index in [4.69, 9.17) is 15.6 Å². The first kappa shape index (κ1) is 12.8. The third kappa shape index (κ3) is 1.94. The number of nitrogens with two attached hydrogens (primary N) is 1. The van der Waals surface area contributed by atoms with Gasteiger partial charge in [0.2, 0.25) is 0 Å². The molecule has 0 amide bonds. The van der Waals surface area contributed by atoms with Crippen LogP contribution in [-0.2, 0) is 10.5 Å². The van der Waals surface area contributed by atoms with E-state index in [9.17, 15) is 14.7 Å². The van der Waals surface area contributed by atoms with E-state index in [0.717, 1.165) is 4.57 Å². The number of aromatic nitrogens is 2. The fourth-order valence-electron chi connectivity index (χ4n) is 2.12. The van der Waals surface area contributed by atoms with Crippen molar-refractivity contribution >= 4 is 5.69 Å². The van der Waals surface area contributed by atoms with Gasteiger partial charge in [0.05, 0.1) is 12.7 Å². The van der Waals surface area contributed by atoms with Crippen LogP contribution in [0.2, 0.25) is 0 Å². The van der Waals surface area contributed by atoms with E-state index >= 15 is 0 Å². The summed E-state index contributed by atoms with van der Waals surface area (Å²) in [4.78, 5) is 24.9. The van der Waals surface area contributed by atoms with Crippen LogP contribution in [-0.4, -0.2) is 38.6 Å². The van der Waals surface area contributed by atoms with E-state index in [1.165, 1.54) is 6.20 Å². The second kappa shape index (κ2) is 4.23. The minimum absolute atomic E-state index is 0.115. The SMILES string of the molecule is C[C@]1(n2cc(N)c(=O)[nH]c2=O)C[C@H](O)[C@@H](CO)O1. The average Bonchev–Trinajstić information content (AvgIpc) is 2.59. The Balaban J connectivity index is 2.47. The molecule has 1 aliphatic rings. The van der Waals surface area contributed by atoms with Crippen molar-refractivity contribution in [3.8, 4) is 0 Å². The average molecular weight is 257 g/mol. The summed E-state index contributed by atoms with van der Waals surface area (Å²) in [6, 6.07) is 0. The van der Waals surface area contributed by atoms with Crippen LogP contribution >= 0.6 is 0 Å². The number of aliphatic hydroxyl groups is 2. The second-order valence-corrected chi connectivity index (χ2v) is 4.50. The maximum atomic E-state index is 11.7. The van der Waals surface area contributed by atoms with Gasteiger partial charge in [0.1, 0.15) is 17.5 Å². The highest BCUT2D eigenvalue weighted by Gasteiger charge is 2.44. The number of rotatable bonds is 2. The number of aliphatic hydroxyl groups excluding tert-OH is 2. The van der Waals surface area contributed by atoms with Crippen LogP contribution in [0.5, 0.6) is 0 Å². The number of aromatic amines is 1. The first-order valence-corrected chi connectivity index (χ1v) is 5.46. The predicted octanol–water partition coefficient (Wildman–Crippen LogP) is -2.07. The van der Waals surface area contributed by atoms with E-state index in [2.05, 4.69) is 4.98 Å². The summed E-state index contributed by atoms with van der Waals surface area (Å²) in [6.07, 6.45) is -0.368. The van der Waals surface area contributed by atoms with Crippen molar-refractivity contribution < 1.29 is 14.9 Å². The van der Waals surface area contributed by atoms with Crippen molar-refractivity contribution in [2.24, 2.45) is 0 Å². The maximum absolute atomic E-state index is 11.7. The molecule has 100 valence electrons. The molecule has 3 atom stereocenters. The molecule has 8 heteroatoms. The van der Waals surface area contributed by atoms with E-state index in [1.807, 2.05) is 0 Å². The minimum Gasteiger partial charge on any atom is -0.394 e. The molecule has 0 saturated carbocycles. The molecule has 0 aromatic carbocycles. The lowest BCUT2D eigenvalue weighted by atomic mass is 10.1. The zero-order valence-corrected chi connectivity index (χ0v) is 9.79. The van der Waals surface area contributed by atoms with Gasteiger partial charge >= 0.3 is 5.69 Å². The molecule has 1 saturated heterocycles. The Labute approximate surface area is 102 Å². The summed E-state index contributed by atoms with van der Waals surface area (Å²) < 4.78 is 6.57. The molecule has 2 rings (SSSR count). The molecule has 0 aliphatic carbocycles. The van der Waals surface area contributed by atoms with Gasteiger partial charge in [-0.3, -0.25) is 14.3 Å². The van der Waals surface area contributed by atoms with E-state index in [-0.39, 0.29) is 18.7 Å². The standard InChI is InChI=1S/C10H15N3O5/c1-10(2-6(15)7(4-14)18-10)13-3-5(11)8(16)12-9(13)17/h3,6-7,14-15H,2,4,11H2,1H3,(H,12,16,17)/t6-,7+,10+/m0/s1. The van der Waals surface area contributed by atoms with Crippen molar-refractivity contribution in [3.63, 3.8) is 0 Å². The lowest BCUT2D eigenvalue weighted by molar-refractivity contribution is -0.107. The normalized spacial score (nSPS) is 31.7. The molecular weight excluding hydrogens is 242 g/mol. The first-order chi connectivity index (χ1) is 8.37. The molecular formula is C10H15N3O5. The zero-order chi connectivity index (χ0) is 13.5. The smallest absolute Gasteiger partial charge is 0.330 e. The van der Waals surface area contributed by atoms with Gasteiger partial charge in [-0.1, -0.05) is 0 Å². The maximum Gasteiger partial charge on any atom is 0.330 e. The van der Waals surface area contributed by atoms with Gasteiger partial charge in [-0.2, -0.15) is 0 Å². The fourth-order valence-corrected chi connectivity index (χ4v) is 2.12. The van der Waals surface area contributed by atoms with Crippen molar-refractivity contribution in [1.29, 1.82) is 0 Å². The molecule has 0 unspecified atom stereocenters. The van der Waals surface area contributed by atoms with E-state index in [1.54, 1.807) is 6.92 Å². The van der Waals surface area contributed by atoms with Crippen molar-refractivity contribution in [2.45, 2.75) is 31.3 Å². The Hall–Kier alpha value is -1.64. The van der Waals surface area contributed by atoms with Gasteiger partial charge in [0.15, 0.2) is 0 Å². The van der Waals surface area contributed by atoms with Crippen LogP contribution in [0.4, 0.5) is 5.69 Å². The van der Waals surface area contributed by atoms with Crippen molar-refractivity contribution in [2.75, 3.05) is 12.3 Å². The number of nitrogen functional groups attached to an aromatic ring is 1. The number of H-pyrrole nitrogens is 1. The number of nitrogens with one attached hydrogen (secondary N) is 1. The topological polar surface area (TPSA) is 131 Å². The first-order valence-electron chi connectivity index (χ1n) is 5.46. The zero-order valence-electron chi connectivity index (χ0n) is 9.79. The van der Waals surface area contributed by atoms with Crippen molar-refractivity contribution in [3.05, 3.63) is 27.0 Å². The Morgan fingerprint density at radius 3 is 2.89 bits per heavy atom. The van der Waals surface area contributed by atoms with Crippen molar-refractivity contribution in [1.82, 2.24) is 9.55 Å². The van der Waals surface area contributed by atoms with Crippen LogP contribution in [0.15, 0.2) is 15.8 Å². The van der Waals surface area contributed by atoms with Gasteiger partial charge in [0, 0.05) is 12.6 Å². The minimum atomic E-state index is -1.15. The third-order valence-corrected chi connectivity index (χ3v) is 3.08. The van der Waals surface area contributed by atoms with Gasteiger partial charge in [0.25, 0.3) is 5.56 Å². The summed E-state index contributed by atoms with van der Waals surface area (Å²) in [5.41, 5.74) is 2.83. The molecule has 0 radical (unpaired) electrons. The van der Waals surface area contributed by atoms with Gasteiger partial charge in [-0.15, -0.1) is 0 Å². The molecule has 0 spiro atoms. The molecule has 0 bridgehead atoms. The summed E-state index contributed by atoms with van der Waals surface area (Å²) in [6.45, 7) is 1.22. The lowest BCUT2D eigenvalue weighted by Crippen LogP contribution is -2.43. The molecule has 1 aliphatic heterocycles. The Morgan fingerprint density at radius 1 is 1.67 bits per heavy atom. The second-order valence-electron chi connectivity index (χ2n) is 4.50. The monoisotopic (exact) mass is 257 g/mol. The summed E-state index contributed by atoms with van der Waals surface area (Å²) >= 11 is 0. The molecule has 5 N–H and O–H groups in total. The molecule has 1 aromatic rings. The summed E-state index contributed by atoms with van der Waals surface area (Å²) in [7, 11) is 0. The van der Waals surface area contributed by atoms with Crippen LogP contribution in [0, 0.1) is 0 Å². The molecule has 18 heavy (non-hydrogen) atoms. The van der Waals surface area contributed by atoms with E-state index < -0.39 is 29.2 Å². The summed E-state index contributed by atoms with van der Waals surface area (Å²) in [5, 5.41) is 18.7. The highest BCUT2D eigenvalue weighted by Crippen LogP contribution is 2.33. The number of anilines is 1. The molecule has 8 nitrogen and oxygen atoms in total. The highest BCUT2D eigenvalue weighted by atomic mass is 16.6. The fraction of sp³-hybridized carbons (Fsp3) is 0.600. The highest BCUT2D eigenvalue weighted by molar-refractivity contribution is 5.30. The number of nitrogens with zero attached hydrogens (tertiary/aromatic N) is 1. The molecule has 2 heterocycles. The lowest BCUT2D eigenvalue weighted by Gasteiger charge is -2.26. The van der Waals surface area contributed by atoms with E-state index in [0.29, 0.717) is 0 Å². The largest absolute Gasteiger partial charge is 0.394 e. The Bertz CT molecular complexity index is 565. The number of hydrogen-bond donors (Lipinski definition) is 4. The number of ether oxygens (including phenoxy) is 1. The van der Waals surface area contributed by atoms with Gasteiger partial charge in [-0.05, 0) is 6.92 Å². The third-order valence-electron chi connectivity index (χ3n) is 3.08. The Kier molecular flexibility index (Phi) is 3.01. The predicted molar refractivity (Wildman–Crippen MR) is 62.0 cm³/mol. The number of hydrogen-bond acceptors (Lipinski definition) is 6. The molecule has 1 fully saturated rings. The Morgan fingerprint density at radius 2 is 2.33 bits per heavy atom. The molecule has 1 aromatic heterocycles. The van der Waals surface area contributed by atoms with Gasteiger partial charge < -0.3 is 20.7 Å². The quantitative estimate of drug-likeness (QED) is 0.481. The van der Waals surface area contributed by atoms with Crippen LogP contribution in [0.3, 0.4) is 0 Å². The van der Waals surface area contributed by atoms with Crippen LogP contribution in [0.1, 0.15) is 13.3 Å². The van der Waals surface area contributed by atoms with Gasteiger partial charge in [-0.25, -0.2) is 4.79 Å². The van der Waals surface area contributed by atoms with Crippen LogP contribution in [0.25, 0.3) is 0 Å². The van der Waals surface area contributed by atoms with Crippen LogP contribution < -0.4 is 17.0 Å².